The van der Waals surface area contributed by atoms with Crippen molar-refractivity contribution in [2.75, 3.05) is 13.7 Å². The first-order valence-electron chi connectivity index (χ1n) is 8.34. The minimum atomic E-state index is -0.350. The first-order chi connectivity index (χ1) is 12.4. The van der Waals surface area contributed by atoms with Crippen molar-refractivity contribution in [1.82, 2.24) is 15.3 Å². The molecule has 1 heterocycles. The molecule has 0 saturated carbocycles. The number of nitrogens with one attached hydrogen (secondary N) is 2. The molecule has 2 aromatic rings. The van der Waals surface area contributed by atoms with E-state index in [2.05, 4.69) is 20.4 Å². The molecular weight excluding hydrogens is 348 g/mol. The molecule has 7 heteroatoms. The van der Waals surface area contributed by atoms with Gasteiger partial charge in [-0.15, -0.1) is 0 Å². The van der Waals surface area contributed by atoms with Crippen LogP contribution in [0.3, 0.4) is 0 Å². The second-order valence-corrected chi connectivity index (χ2v) is 6.29. The summed E-state index contributed by atoms with van der Waals surface area (Å²) in [5.41, 5.74) is 8.35. The van der Waals surface area contributed by atoms with E-state index in [1.165, 1.54) is 7.11 Å². The third-order valence-electron chi connectivity index (χ3n) is 4.05. The quantitative estimate of drug-likeness (QED) is 0.365. The SMILES string of the molecule is CCNC(=S)NN=Cc1cc(C)n(-c2cc(C(=O)OC)ccc2C)c1C. The third-order valence-corrected chi connectivity index (χ3v) is 4.28. The zero-order valence-corrected chi connectivity index (χ0v) is 16.5. The lowest BCUT2D eigenvalue weighted by Crippen LogP contribution is -2.31. The maximum Gasteiger partial charge on any atom is 0.337 e. The number of nitrogens with zero attached hydrogens (tertiary/aromatic N) is 2. The van der Waals surface area contributed by atoms with E-state index in [0.717, 1.165) is 34.7 Å². The lowest BCUT2D eigenvalue weighted by molar-refractivity contribution is 0.0600. The Hall–Kier alpha value is -2.67. The molecule has 0 amide bonds. The van der Waals surface area contributed by atoms with Crippen LogP contribution in [0.15, 0.2) is 29.4 Å². The van der Waals surface area contributed by atoms with Gasteiger partial charge in [0.1, 0.15) is 0 Å². The fourth-order valence-electron chi connectivity index (χ4n) is 2.74. The van der Waals surface area contributed by atoms with Crippen molar-refractivity contribution in [3.8, 4) is 5.69 Å². The normalized spacial score (nSPS) is 10.8. The first kappa shape index (κ1) is 19.7. The number of hydrogen-bond donors (Lipinski definition) is 2. The number of aryl methyl sites for hydroxylation is 2. The van der Waals surface area contributed by atoms with Gasteiger partial charge in [-0.05, 0) is 63.7 Å². The summed E-state index contributed by atoms with van der Waals surface area (Å²) < 4.78 is 6.94. The van der Waals surface area contributed by atoms with Crippen molar-refractivity contribution in [2.45, 2.75) is 27.7 Å². The lowest BCUT2D eigenvalue weighted by Gasteiger charge is -2.14. The van der Waals surface area contributed by atoms with E-state index >= 15 is 0 Å². The number of carbonyl (C=O) groups is 1. The molecule has 2 N–H and O–H groups in total. The van der Waals surface area contributed by atoms with Crippen LogP contribution in [0.1, 0.15) is 39.8 Å². The molecule has 0 unspecified atom stereocenters. The Labute approximate surface area is 159 Å². The maximum absolute atomic E-state index is 11.9. The van der Waals surface area contributed by atoms with Crippen molar-refractivity contribution in [1.29, 1.82) is 0 Å². The van der Waals surface area contributed by atoms with Crippen molar-refractivity contribution >= 4 is 29.5 Å². The summed E-state index contributed by atoms with van der Waals surface area (Å²) in [4.78, 5) is 11.9. The number of methoxy groups -OCH3 is 1. The van der Waals surface area contributed by atoms with Gasteiger partial charge in [0.05, 0.1) is 18.9 Å². The van der Waals surface area contributed by atoms with Crippen molar-refractivity contribution < 1.29 is 9.53 Å². The average Bonchev–Trinajstić information content (AvgIpc) is 2.89. The van der Waals surface area contributed by atoms with E-state index in [1.807, 2.05) is 45.9 Å². The highest BCUT2D eigenvalue weighted by molar-refractivity contribution is 7.80. The summed E-state index contributed by atoms with van der Waals surface area (Å²) in [5, 5.41) is 7.65. The summed E-state index contributed by atoms with van der Waals surface area (Å²) in [5.74, 6) is -0.350. The summed E-state index contributed by atoms with van der Waals surface area (Å²) in [6.07, 6.45) is 1.74. The lowest BCUT2D eigenvalue weighted by atomic mass is 10.1. The minimum absolute atomic E-state index is 0.350. The largest absolute Gasteiger partial charge is 0.465 e. The smallest absolute Gasteiger partial charge is 0.337 e. The molecule has 0 saturated heterocycles. The van der Waals surface area contributed by atoms with Crippen LogP contribution < -0.4 is 10.7 Å². The predicted molar refractivity (Wildman–Crippen MR) is 108 cm³/mol. The van der Waals surface area contributed by atoms with Crippen molar-refractivity contribution in [3.05, 3.63) is 52.3 Å². The summed E-state index contributed by atoms with van der Waals surface area (Å²) in [7, 11) is 1.38. The Morgan fingerprint density at radius 2 is 2.04 bits per heavy atom. The second kappa shape index (κ2) is 8.62. The van der Waals surface area contributed by atoms with Crippen LogP contribution in [0, 0.1) is 20.8 Å². The zero-order valence-electron chi connectivity index (χ0n) is 15.7. The molecule has 26 heavy (non-hydrogen) atoms. The van der Waals surface area contributed by atoms with E-state index in [0.29, 0.717) is 10.7 Å². The number of rotatable bonds is 5. The second-order valence-electron chi connectivity index (χ2n) is 5.88. The Bertz CT molecular complexity index is 855. The van der Waals surface area contributed by atoms with Crippen LogP contribution >= 0.6 is 12.2 Å². The van der Waals surface area contributed by atoms with Gasteiger partial charge in [-0.2, -0.15) is 5.10 Å². The molecule has 1 aromatic carbocycles. The molecule has 0 aliphatic rings. The van der Waals surface area contributed by atoms with Gasteiger partial charge in [-0.1, -0.05) is 6.07 Å². The summed E-state index contributed by atoms with van der Waals surface area (Å²) in [6.45, 7) is 8.76. The van der Waals surface area contributed by atoms with E-state index in [1.54, 1.807) is 12.3 Å². The van der Waals surface area contributed by atoms with Crippen LogP contribution in [-0.4, -0.2) is 35.5 Å². The topological polar surface area (TPSA) is 67.7 Å². The van der Waals surface area contributed by atoms with Crippen LogP contribution in [-0.2, 0) is 4.74 Å². The number of hydrogen-bond acceptors (Lipinski definition) is 4. The highest BCUT2D eigenvalue weighted by atomic mass is 32.1. The Kier molecular flexibility index (Phi) is 6.52. The number of benzene rings is 1. The number of carbonyl (C=O) groups excluding carboxylic acids is 1. The fourth-order valence-corrected chi connectivity index (χ4v) is 2.94. The van der Waals surface area contributed by atoms with E-state index in [-0.39, 0.29) is 5.97 Å². The molecular formula is C19H24N4O2S. The van der Waals surface area contributed by atoms with Gasteiger partial charge in [0, 0.05) is 29.2 Å². The Balaban J connectivity index is 2.37. The molecule has 0 aliphatic carbocycles. The van der Waals surface area contributed by atoms with Gasteiger partial charge in [-0.25, -0.2) is 4.79 Å². The number of hydrazone groups is 1. The fraction of sp³-hybridized carbons (Fsp3) is 0.316. The standard InChI is InChI=1S/C19H24N4O2S/c1-6-20-19(26)22-21-11-16-9-13(3)23(14(16)4)17-10-15(18(24)25-5)8-7-12(17)2/h7-11H,6H2,1-5H3,(H2,20,22,26). The maximum atomic E-state index is 11.9. The van der Waals surface area contributed by atoms with Crippen LogP contribution in [0.25, 0.3) is 5.69 Å². The van der Waals surface area contributed by atoms with Gasteiger partial charge < -0.3 is 14.6 Å². The zero-order chi connectivity index (χ0) is 19.3. The molecule has 0 aliphatic heterocycles. The number of aromatic nitrogens is 1. The predicted octanol–water partition coefficient (Wildman–Crippen LogP) is 3.01. The van der Waals surface area contributed by atoms with E-state index in [9.17, 15) is 4.79 Å². The summed E-state index contributed by atoms with van der Waals surface area (Å²) in [6, 6.07) is 7.58. The number of esters is 1. The summed E-state index contributed by atoms with van der Waals surface area (Å²) >= 11 is 5.09. The van der Waals surface area contributed by atoms with Crippen LogP contribution in [0.5, 0.6) is 0 Å². The van der Waals surface area contributed by atoms with Crippen molar-refractivity contribution in [3.63, 3.8) is 0 Å². The monoisotopic (exact) mass is 372 g/mol. The first-order valence-corrected chi connectivity index (χ1v) is 8.75. The van der Waals surface area contributed by atoms with Crippen LogP contribution in [0.2, 0.25) is 0 Å². The minimum Gasteiger partial charge on any atom is -0.465 e. The molecule has 0 radical (unpaired) electrons. The van der Waals surface area contributed by atoms with Gasteiger partial charge in [-0.3, -0.25) is 5.43 Å². The molecule has 6 nitrogen and oxygen atoms in total. The number of ether oxygens (including phenoxy) is 1. The van der Waals surface area contributed by atoms with Gasteiger partial charge in [0.25, 0.3) is 0 Å². The average molecular weight is 372 g/mol. The van der Waals surface area contributed by atoms with Crippen molar-refractivity contribution in [2.24, 2.45) is 5.10 Å². The molecule has 0 fully saturated rings. The van der Waals surface area contributed by atoms with Crippen LogP contribution in [0.4, 0.5) is 0 Å². The van der Waals surface area contributed by atoms with E-state index in [4.69, 9.17) is 17.0 Å². The Morgan fingerprint density at radius 3 is 2.69 bits per heavy atom. The third kappa shape index (κ3) is 4.29. The molecule has 0 bridgehead atoms. The van der Waals surface area contributed by atoms with Gasteiger partial charge in [0.2, 0.25) is 0 Å². The molecule has 0 atom stereocenters. The highest BCUT2D eigenvalue weighted by Gasteiger charge is 2.14. The highest BCUT2D eigenvalue weighted by Crippen LogP contribution is 2.24. The molecule has 2 rings (SSSR count). The van der Waals surface area contributed by atoms with E-state index < -0.39 is 0 Å². The Morgan fingerprint density at radius 1 is 1.31 bits per heavy atom. The van der Waals surface area contributed by atoms with Gasteiger partial charge >= 0.3 is 5.97 Å². The molecule has 1 aromatic heterocycles. The molecule has 138 valence electrons. The number of thiocarbonyl (C=S) groups is 1. The molecule has 0 spiro atoms. The van der Waals surface area contributed by atoms with Gasteiger partial charge in [0.15, 0.2) is 5.11 Å².